The van der Waals surface area contributed by atoms with Crippen molar-refractivity contribution in [3.63, 3.8) is 0 Å². The van der Waals surface area contributed by atoms with Gasteiger partial charge in [0.1, 0.15) is 0 Å². The van der Waals surface area contributed by atoms with Gasteiger partial charge in [-0.25, -0.2) is 0 Å². The smallest absolute Gasteiger partial charge is 0.0615 e. The summed E-state index contributed by atoms with van der Waals surface area (Å²) in [5.41, 5.74) is 9.31. The number of nitrogens with two attached hydrogens (primary N) is 1. The summed E-state index contributed by atoms with van der Waals surface area (Å²) in [6.07, 6.45) is 7.14. The van der Waals surface area contributed by atoms with Crippen LogP contribution in [0.3, 0.4) is 0 Å². The third-order valence-electron chi connectivity index (χ3n) is 2.78. The Hall–Kier alpha value is -1.94. The Morgan fingerprint density at radius 2 is 2.15 bits per heavy atom. The quantitative estimate of drug-likeness (QED) is 0.625. The molecule has 4 nitrogen and oxygen atoms in total. The van der Waals surface area contributed by atoms with Crippen molar-refractivity contribution in [2.45, 2.75) is 0 Å². The highest BCUT2D eigenvalue weighted by Gasteiger charge is 2.24. The fourth-order valence-corrected chi connectivity index (χ4v) is 1.96. The van der Waals surface area contributed by atoms with Gasteiger partial charge >= 0.3 is 0 Å². The molecule has 0 aromatic carbocycles. The number of nitrogens with zero attached hydrogens (tertiary/aromatic N) is 3. The van der Waals surface area contributed by atoms with E-state index in [1.807, 2.05) is 36.2 Å². The average molecular weight is 293 g/mol. The number of hydrogen-bond acceptors (Lipinski definition) is 4. The number of rotatable bonds is 5. The first-order valence-electron chi connectivity index (χ1n) is 6.16. The fraction of sp³-hybridized carbons (Fsp3) is 0.267. The molecule has 5 heteroatoms. The summed E-state index contributed by atoms with van der Waals surface area (Å²) in [6.45, 7) is 8.32. The van der Waals surface area contributed by atoms with Crippen LogP contribution in [-0.4, -0.2) is 43.7 Å². The minimum absolute atomic E-state index is 0.557. The molecule has 20 heavy (non-hydrogen) atoms. The van der Waals surface area contributed by atoms with Crippen LogP contribution in [0, 0.1) is 0 Å². The molecule has 2 N–H and O–H groups in total. The van der Waals surface area contributed by atoms with Crippen molar-refractivity contribution in [2.24, 2.45) is 10.7 Å². The van der Waals surface area contributed by atoms with Crippen molar-refractivity contribution < 1.29 is 0 Å². The summed E-state index contributed by atoms with van der Waals surface area (Å²) >= 11 is 6.06. The summed E-state index contributed by atoms with van der Waals surface area (Å²) in [5, 5.41) is 0.557. The lowest BCUT2D eigenvalue weighted by Gasteiger charge is -2.23. The van der Waals surface area contributed by atoms with Gasteiger partial charge in [0.05, 0.1) is 23.6 Å². The van der Waals surface area contributed by atoms with Crippen molar-refractivity contribution in [1.82, 2.24) is 9.80 Å². The predicted octanol–water partition coefficient (Wildman–Crippen LogP) is 2.44. The molecular weight excluding hydrogens is 272 g/mol. The highest BCUT2D eigenvalue weighted by Crippen LogP contribution is 2.28. The Balaban J connectivity index is 3.14. The van der Waals surface area contributed by atoms with Crippen LogP contribution in [0.4, 0.5) is 0 Å². The lowest BCUT2D eigenvalue weighted by molar-refractivity contribution is 0.481. The third kappa shape index (κ3) is 3.78. The Labute approximate surface area is 125 Å². The minimum Gasteiger partial charge on any atom is -0.397 e. The van der Waals surface area contributed by atoms with E-state index in [9.17, 15) is 0 Å². The molecule has 0 unspecified atom stereocenters. The molecule has 0 aromatic rings. The highest BCUT2D eigenvalue weighted by atomic mass is 35.5. The molecule has 1 aliphatic heterocycles. The zero-order valence-corrected chi connectivity index (χ0v) is 13.0. The lowest BCUT2D eigenvalue weighted by Crippen LogP contribution is -2.21. The first-order valence-corrected chi connectivity index (χ1v) is 6.54. The van der Waals surface area contributed by atoms with Crippen LogP contribution in [0.15, 0.2) is 64.2 Å². The van der Waals surface area contributed by atoms with Gasteiger partial charge in [-0.15, -0.1) is 0 Å². The van der Waals surface area contributed by atoms with E-state index >= 15 is 0 Å². The second-order valence-electron chi connectivity index (χ2n) is 4.61. The summed E-state index contributed by atoms with van der Waals surface area (Å²) in [5.74, 6) is 0. The van der Waals surface area contributed by atoms with E-state index < -0.39 is 0 Å². The van der Waals surface area contributed by atoms with Crippen molar-refractivity contribution in [2.75, 3.05) is 27.7 Å². The van der Waals surface area contributed by atoms with Gasteiger partial charge in [0.25, 0.3) is 0 Å². The van der Waals surface area contributed by atoms with Gasteiger partial charge in [-0.05, 0) is 6.08 Å². The van der Waals surface area contributed by atoms with Crippen LogP contribution in [0.5, 0.6) is 0 Å². The van der Waals surface area contributed by atoms with Crippen LogP contribution in [-0.2, 0) is 0 Å². The number of hydrogen-bond donors (Lipinski definition) is 1. The maximum absolute atomic E-state index is 6.06. The monoisotopic (exact) mass is 292 g/mol. The van der Waals surface area contributed by atoms with Crippen molar-refractivity contribution >= 4 is 17.8 Å². The van der Waals surface area contributed by atoms with E-state index in [0.717, 1.165) is 17.0 Å². The maximum atomic E-state index is 6.06. The number of aliphatic imine (C=N–C) groups is 1. The summed E-state index contributed by atoms with van der Waals surface area (Å²) < 4.78 is 0. The normalized spacial score (nSPS) is 17.4. The van der Waals surface area contributed by atoms with Gasteiger partial charge < -0.3 is 15.5 Å². The van der Waals surface area contributed by atoms with Crippen LogP contribution in [0.2, 0.25) is 0 Å². The Morgan fingerprint density at radius 3 is 2.65 bits per heavy atom. The standard InChI is InChI=1S/C15H21ClN4/c1-6-13(16)7-14(10-19(4)5)20-9-12(8-18-3)15(17)11(20)2/h6-8,10H,1-2,9,17H2,3-5H3/b13-7+,14-10+,18-8?. The van der Waals surface area contributed by atoms with Crippen molar-refractivity contribution in [1.29, 1.82) is 0 Å². The molecule has 0 saturated heterocycles. The first-order chi connectivity index (χ1) is 9.40. The average Bonchev–Trinajstić information content (AvgIpc) is 2.66. The summed E-state index contributed by atoms with van der Waals surface area (Å²) in [7, 11) is 5.61. The summed E-state index contributed by atoms with van der Waals surface area (Å²) in [6, 6.07) is 0. The topological polar surface area (TPSA) is 44.9 Å². The fourth-order valence-electron chi connectivity index (χ4n) is 1.84. The second-order valence-corrected chi connectivity index (χ2v) is 5.05. The lowest BCUT2D eigenvalue weighted by atomic mass is 10.2. The maximum Gasteiger partial charge on any atom is 0.0615 e. The molecular formula is C15H21ClN4. The molecule has 0 aromatic heterocycles. The van der Waals surface area contributed by atoms with Gasteiger partial charge in [-0.1, -0.05) is 30.8 Å². The van der Waals surface area contributed by atoms with Gasteiger partial charge in [0.2, 0.25) is 0 Å². The molecule has 0 bridgehead atoms. The third-order valence-corrected chi connectivity index (χ3v) is 3.04. The Bertz CT molecular complexity index is 524. The van der Waals surface area contributed by atoms with Crippen molar-refractivity contribution in [3.8, 4) is 0 Å². The van der Waals surface area contributed by atoms with E-state index in [-0.39, 0.29) is 0 Å². The van der Waals surface area contributed by atoms with E-state index in [1.165, 1.54) is 0 Å². The first kappa shape index (κ1) is 16.1. The van der Waals surface area contributed by atoms with Crippen LogP contribution in [0.1, 0.15) is 0 Å². The molecule has 0 saturated carbocycles. The number of halogens is 1. The van der Waals surface area contributed by atoms with Gasteiger partial charge in [-0.2, -0.15) is 0 Å². The van der Waals surface area contributed by atoms with E-state index in [1.54, 1.807) is 19.3 Å². The predicted molar refractivity (Wildman–Crippen MR) is 87.4 cm³/mol. The SMILES string of the molecule is C=C/C(Cl)=C\C(=C/N(C)C)N1CC(C=NC)=C(N)C1=C. The molecule has 0 fully saturated rings. The van der Waals surface area contributed by atoms with Crippen molar-refractivity contribution in [3.05, 3.63) is 59.2 Å². The molecule has 0 amide bonds. The molecule has 0 aliphatic carbocycles. The molecule has 0 radical (unpaired) electrons. The van der Waals surface area contributed by atoms with E-state index in [0.29, 0.717) is 17.3 Å². The minimum atomic E-state index is 0.557. The van der Waals surface area contributed by atoms with Gasteiger partial charge in [0, 0.05) is 44.2 Å². The van der Waals surface area contributed by atoms with Crippen LogP contribution in [0.25, 0.3) is 0 Å². The Kier molecular flexibility index (Phi) is 5.65. The zero-order chi connectivity index (χ0) is 15.3. The molecule has 0 spiro atoms. The summed E-state index contributed by atoms with van der Waals surface area (Å²) in [4.78, 5) is 7.95. The zero-order valence-electron chi connectivity index (χ0n) is 12.2. The molecule has 1 aliphatic rings. The van der Waals surface area contributed by atoms with Crippen LogP contribution < -0.4 is 5.73 Å². The molecule has 108 valence electrons. The largest absolute Gasteiger partial charge is 0.397 e. The van der Waals surface area contributed by atoms with Crippen LogP contribution >= 0.6 is 11.6 Å². The second kappa shape index (κ2) is 7.01. The van der Waals surface area contributed by atoms with Gasteiger partial charge in [-0.3, -0.25) is 4.99 Å². The molecule has 1 heterocycles. The molecule has 0 atom stereocenters. The Morgan fingerprint density at radius 1 is 1.50 bits per heavy atom. The molecule has 1 rings (SSSR count). The van der Waals surface area contributed by atoms with E-state index in [4.69, 9.17) is 17.3 Å². The van der Waals surface area contributed by atoms with Gasteiger partial charge in [0.15, 0.2) is 0 Å². The highest BCUT2D eigenvalue weighted by molar-refractivity contribution is 6.31. The number of allylic oxidation sites excluding steroid dienone is 3. The van der Waals surface area contributed by atoms with E-state index in [2.05, 4.69) is 18.2 Å².